The number of aromatic carboxylic acids is 1. The average Bonchev–Trinajstić information content (AvgIpc) is 2.12. The zero-order valence-corrected chi connectivity index (χ0v) is 8.52. The summed E-state index contributed by atoms with van der Waals surface area (Å²) in [5.41, 5.74) is -4.41. The highest BCUT2D eigenvalue weighted by Gasteiger charge is 2.43. The summed E-state index contributed by atoms with van der Waals surface area (Å²) in [5.74, 6) is -4.08. The SMILES string of the molecule is Cc1nc(C(F)(F)F)nc(C(F)(F)F)c1C(=O)O. The van der Waals surface area contributed by atoms with Crippen molar-refractivity contribution >= 4 is 5.97 Å². The van der Waals surface area contributed by atoms with E-state index in [0.717, 1.165) is 6.92 Å². The number of halogens is 6. The van der Waals surface area contributed by atoms with Gasteiger partial charge in [0, 0.05) is 0 Å². The number of hydrogen-bond donors (Lipinski definition) is 1. The summed E-state index contributed by atoms with van der Waals surface area (Å²) >= 11 is 0. The zero-order valence-electron chi connectivity index (χ0n) is 8.52. The van der Waals surface area contributed by atoms with Crippen molar-refractivity contribution in [3.63, 3.8) is 0 Å². The lowest BCUT2D eigenvalue weighted by Crippen LogP contribution is -2.23. The minimum Gasteiger partial charge on any atom is -0.478 e. The second-order valence-electron chi connectivity index (χ2n) is 3.16. The molecular weight excluding hydrogens is 270 g/mol. The van der Waals surface area contributed by atoms with E-state index in [0.29, 0.717) is 0 Å². The van der Waals surface area contributed by atoms with Gasteiger partial charge in [0.05, 0.1) is 5.69 Å². The van der Waals surface area contributed by atoms with Crippen molar-refractivity contribution in [1.82, 2.24) is 9.97 Å². The third-order valence-corrected chi connectivity index (χ3v) is 1.83. The highest BCUT2D eigenvalue weighted by atomic mass is 19.4. The molecular formula is C8H4F6N2O2. The smallest absolute Gasteiger partial charge is 0.451 e. The molecule has 0 bridgehead atoms. The minimum atomic E-state index is -5.32. The Labute approximate surface area is 95.3 Å². The van der Waals surface area contributed by atoms with E-state index in [-0.39, 0.29) is 0 Å². The Morgan fingerprint density at radius 2 is 1.56 bits per heavy atom. The third-order valence-electron chi connectivity index (χ3n) is 1.83. The molecule has 100 valence electrons. The summed E-state index contributed by atoms with van der Waals surface area (Å²) in [6, 6.07) is 0. The maximum absolute atomic E-state index is 12.4. The molecule has 18 heavy (non-hydrogen) atoms. The number of carboxylic acids is 1. The highest BCUT2D eigenvalue weighted by molar-refractivity contribution is 5.90. The monoisotopic (exact) mass is 274 g/mol. The molecule has 0 amide bonds. The summed E-state index contributed by atoms with van der Waals surface area (Å²) in [5, 5.41) is 8.54. The van der Waals surface area contributed by atoms with Crippen LogP contribution in [0.1, 0.15) is 27.6 Å². The third kappa shape index (κ3) is 2.68. The molecule has 1 heterocycles. The molecule has 0 aromatic carbocycles. The van der Waals surface area contributed by atoms with Crippen LogP contribution in [0.5, 0.6) is 0 Å². The highest BCUT2D eigenvalue weighted by Crippen LogP contribution is 2.34. The fourth-order valence-corrected chi connectivity index (χ4v) is 1.16. The van der Waals surface area contributed by atoms with Gasteiger partial charge in [0.25, 0.3) is 0 Å². The van der Waals surface area contributed by atoms with Gasteiger partial charge in [0.1, 0.15) is 5.56 Å². The Morgan fingerprint density at radius 3 is 1.89 bits per heavy atom. The van der Waals surface area contributed by atoms with Gasteiger partial charge in [-0.25, -0.2) is 14.8 Å². The lowest BCUT2D eigenvalue weighted by molar-refractivity contribution is -0.153. The lowest BCUT2D eigenvalue weighted by atomic mass is 10.1. The number of nitrogens with zero attached hydrogens (tertiary/aromatic N) is 2. The summed E-state index contributed by atoms with van der Waals surface area (Å²) in [6.07, 6.45) is -10.5. The number of rotatable bonds is 1. The molecule has 0 aliphatic carbocycles. The van der Waals surface area contributed by atoms with Gasteiger partial charge in [0.15, 0.2) is 5.69 Å². The van der Waals surface area contributed by atoms with Crippen LogP contribution in [-0.2, 0) is 12.4 Å². The quantitative estimate of drug-likeness (QED) is 0.799. The zero-order chi connectivity index (χ0) is 14.3. The number of aryl methyl sites for hydroxylation is 1. The second kappa shape index (κ2) is 4.10. The van der Waals surface area contributed by atoms with E-state index in [1.165, 1.54) is 0 Å². The molecule has 4 nitrogen and oxygen atoms in total. The van der Waals surface area contributed by atoms with E-state index < -0.39 is 41.1 Å². The maximum Gasteiger partial charge on any atom is 0.451 e. The van der Waals surface area contributed by atoms with Crippen LogP contribution >= 0.6 is 0 Å². The number of alkyl halides is 6. The molecule has 1 aromatic heterocycles. The van der Waals surface area contributed by atoms with Crippen LogP contribution in [0, 0.1) is 6.92 Å². The Balaban J connectivity index is 3.64. The van der Waals surface area contributed by atoms with Gasteiger partial charge in [-0.15, -0.1) is 0 Å². The van der Waals surface area contributed by atoms with Gasteiger partial charge in [0.2, 0.25) is 5.82 Å². The van der Waals surface area contributed by atoms with Crippen molar-refractivity contribution in [3.8, 4) is 0 Å². The first-order valence-electron chi connectivity index (χ1n) is 4.21. The fraction of sp³-hybridized carbons (Fsp3) is 0.375. The lowest BCUT2D eigenvalue weighted by Gasteiger charge is -2.13. The van der Waals surface area contributed by atoms with Crippen molar-refractivity contribution < 1.29 is 36.2 Å². The van der Waals surface area contributed by atoms with E-state index in [1.807, 2.05) is 0 Å². The second-order valence-corrected chi connectivity index (χ2v) is 3.16. The molecule has 0 radical (unpaired) electrons. The molecule has 0 fully saturated rings. The van der Waals surface area contributed by atoms with E-state index in [9.17, 15) is 31.1 Å². The van der Waals surface area contributed by atoms with Gasteiger partial charge >= 0.3 is 18.3 Å². The average molecular weight is 274 g/mol. The van der Waals surface area contributed by atoms with Crippen molar-refractivity contribution in [3.05, 3.63) is 22.8 Å². The predicted molar refractivity (Wildman–Crippen MR) is 43.7 cm³/mol. The van der Waals surface area contributed by atoms with E-state index in [1.54, 1.807) is 0 Å². The van der Waals surface area contributed by atoms with E-state index in [2.05, 4.69) is 9.97 Å². The molecule has 0 unspecified atom stereocenters. The largest absolute Gasteiger partial charge is 0.478 e. The van der Waals surface area contributed by atoms with Gasteiger partial charge in [-0.2, -0.15) is 26.3 Å². The Hall–Kier alpha value is -1.87. The first kappa shape index (κ1) is 14.2. The summed E-state index contributed by atoms with van der Waals surface area (Å²) < 4.78 is 74.0. The van der Waals surface area contributed by atoms with Gasteiger partial charge in [-0.3, -0.25) is 0 Å². The molecule has 0 saturated carbocycles. The van der Waals surface area contributed by atoms with Crippen LogP contribution in [0.2, 0.25) is 0 Å². The van der Waals surface area contributed by atoms with E-state index in [4.69, 9.17) is 5.11 Å². The molecule has 1 N–H and O–H groups in total. The molecule has 0 aliphatic heterocycles. The Kier molecular flexibility index (Phi) is 3.24. The normalized spacial score (nSPS) is 12.6. The van der Waals surface area contributed by atoms with Crippen molar-refractivity contribution in [2.24, 2.45) is 0 Å². The fourth-order valence-electron chi connectivity index (χ4n) is 1.16. The van der Waals surface area contributed by atoms with Crippen LogP contribution < -0.4 is 0 Å². The Morgan fingerprint density at radius 1 is 1.06 bits per heavy atom. The Bertz CT molecular complexity index is 494. The van der Waals surface area contributed by atoms with Crippen LogP contribution in [0.4, 0.5) is 26.3 Å². The van der Waals surface area contributed by atoms with Crippen LogP contribution in [-0.4, -0.2) is 21.0 Å². The predicted octanol–water partition coefficient (Wildman–Crippen LogP) is 2.52. The number of hydrogen-bond acceptors (Lipinski definition) is 3. The summed E-state index contributed by atoms with van der Waals surface area (Å²) in [6.45, 7) is 0.732. The molecule has 0 saturated heterocycles. The topological polar surface area (TPSA) is 63.1 Å². The number of carboxylic acid groups (broad SMARTS) is 1. The molecule has 10 heteroatoms. The summed E-state index contributed by atoms with van der Waals surface area (Å²) in [4.78, 5) is 15.6. The number of aromatic nitrogens is 2. The molecule has 1 rings (SSSR count). The minimum absolute atomic E-state index is 0.732. The standard InChI is InChI=1S/C8H4F6N2O2/c1-2-3(5(17)18)4(7(9,10)11)16-6(15-2)8(12,13)14/h1H3,(H,17,18). The van der Waals surface area contributed by atoms with Crippen molar-refractivity contribution in [2.45, 2.75) is 19.3 Å². The van der Waals surface area contributed by atoms with Gasteiger partial charge in [-0.1, -0.05) is 0 Å². The molecule has 0 spiro atoms. The number of carbonyl (C=O) groups is 1. The van der Waals surface area contributed by atoms with E-state index >= 15 is 0 Å². The maximum atomic E-state index is 12.4. The molecule has 1 aromatic rings. The van der Waals surface area contributed by atoms with Gasteiger partial charge in [-0.05, 0) is 6.92 Å². The first-order valence-corrected chi connectivity index (χ1v) is 4.21. The first-order chi connectivity index (χ1) is 7.94. The van der Waals surface area contributed by atoms with Crippen LogP contribution in [0.25, 0.3) is 0 Å². The van der Waals surface area contributed by atoms with Gasteiger partial charge < -0.3 is 5.11 Å². The van der Waals surface area contributed by atoms with Crippen molar-refractivity contribution in [1.29, 1.82) is 0 Å². The molecule has 0 atom stereocenters. The summed E-state index contributed by atoms with van der Waals surface area (Å²) in [7, 11) is 0. The van der Waals surface area contributed by atoms with Crippen LogP contribution in [0.15, 0.2) is 0 Å². The van der Waals surface area contributed by atoms with Crippen molar-refractivity contribution in [2.75, 3.05) is 0 Å². The molecule has 0 aliphatic rings. The van der Waals surface area contributed by atoms with Crippen LogP contribution in [0.3, 0.4) is 0 Å².